The van der Waals surface area contributed by atoms with Crippen molar-refractivity contribution in [3.63, 3.8) is 0 Å². The molecule has 0 amide bonds. The first kappa shape index (κ1) is 16.4. The van der Waals surface area contributed by atoms with Crippen molar-refractivity contribution >= 4 is 11.0 Å². The summed E-state index contributed by atoms with van der Waals surface area (Å²) in [7, 11) is 1.57. The number of nitrogens with one attached hydrogen (secondary N) is 1. The lowest BCUT2D eigenvalue weighted by Gasteiger charge is -2.09. The summed E-state index contributed by atoms with van der Waals surface area (Å²) in [6, 6.07) is 14.8. The fraction of sp³-hybridized carbons (Fsp3) is 0.0500. The molecule has 7 nitrogen and oxygen atoms in total. The summed E-state index contributed by atoms with van der Waals surface area (Å²) < 4.78 is 6.79. The molecule has 3 aromatic heterocycles. The molecule has 0 aliphatic heterocycles. The minimum absolute atomic E-state index is 0.302. The zero-order valence-electron chi connectivity index (χ0n) is 14.3. The SMILES string of the molecule is COc1ccc(-c2ccc(-n3ccc4[nH]c(=O)c(C#N)c(O)c43)cc2)cn1. The first-order chi connectivity index (χ1) is 13.1. The Labute approximate surface area is 153 Å². The van der Waals surface area contributed by atoms with Gasteiger partial charge in [-0.25, -0.2) is 4.98 Å². The Morgan fingerprint density at radius 2 is 1.89 bits per heavy atom. The van der Waals surface area contributed by atoms with E-state index in [2.05, 4.69) is 9.97 Å². The zero-order chi connectivity index (χ0) is 19.0. The topological polar surface area (TPSA) is 104 Å². The summed E-state index contributed by atoms with van der Waals surface area (Å²) in [6.07, 6.45) is 3.46. The predicted molar refractivity (Wildman–Crippen MR) is 100 cm³/mol. The number of aromatic hydroxyl groups is 1. The van der Waals surface area contributed by atoms with Gasteiger partial charge in [0.1, 0.15) is 11.6 Å². The molecule has 4 rings (SSSR count). The molecule has 4 aromatic rings. The lowest BCUT2D eigenvalue weighted by atomic mass is 10.1. The standard InChI is InChI=1S/C20H14N4O3/c1-27-17-7-4-13(11-22-17)12-2-5-14(6-3-12)24-9-8-16-18(24)19(25)15(10-21)20(26)23-16/h2-9,11H,1H3,(H2,23,25,26). The number of fused-ring (bicyclic) bond motifs is 1. The van der Waals surface area contributed by atoms with Crippen LogP contribution in [-0.4, -0.2) is 26.8 Å². The van der Waals surface area contributed by atoms with Crippen molar-refractivity contribution in [3.8, 4) is 34.5 Å². The van der Waals surface area contributed by atoms with E-state index in [1.807, 2.05) is 30.3 Å². The van der Waals surface area contributed by atoms with Crippen molar-refractivity contribution in [2.45, 2.75) is 0 Å². The fourth-order valence-electron chi connectivity index (χ4n) is 2.99. The van der Waals surface area contributed by atoms with Crippen LogP contribution in [0.5, 0.6) is 11.6 Å². The largest absolute Gasteiger partial charge is 0.504 e. The summed E-state index contributed by atoms with van der Waals surface area (Å²) in [4.78, 5) is 18.6. The van der Waals surface area contributed by atoms with Crippen LogP contribution in [0.4, 0.5) is 0 Å². The van der Waals surface area contributed by atoms with Crippen LogP contribution >= 0.6 is 0 Å². The summed E-state index contributed by atoms with van der Waals surface area (Å²) in [5.74, 6) is 0.219. The lowest BCUT2D eigenvalue weighted by molar-refractivity contribution is 0.398. The molecular formula is C20H14N4O3. The first-order valence-electron chi connectivity index (χ1n) is 8.09. The van der Waals surface area contributed by atoms with Gasteiger partial charge in [0.05, 0.1) is 12.6 Å². The van der Waals surface area contributed by atoms with Gasteiger partial charge in [-0.05, 0) is 29.8 Å². The highest BCUT2D eigenvalue weighted by atomic mass is 16.5. The molecule has 1 aromatic carbocycles. The van der Waals surface area contributed by atoms with Gasteiger partial charge in [-0.2, -0.15) is 5.26 Å². The lowest BCUT2D eigenvalue weighted by Crippen LogP contribution is -2.10. The quantitative estimate of drug-likeness (QED) is 0.586. The third-order valence-electron chi connectivity index (χ3n) is 4.36. The third kappa shape index (κ3) is 2.69. The van der Waals surface area contributed by atoms with E-state index in [0.29, 0.717) is 16.9 Å². The van der Waals surface area contributed by atoms with Gasteiger partial charge < -0.3 is 19.4 Å². The van der Waals surface area contributed by atoms with Gasteiger partial charge in [-0.15, -0.1) is 0 Å². The first-order valence-corrected chi connectivity index (χ1v) is 8.09. The van der Waals surface area contributed by atoms with Gasteiger partial charge in [0.15, 0.2) is 11.3 Å². The van der Waals surface area contributed by atoms with E-state index < -0.39 is 5.56 Å². The maximum Gasteiger partial charge on any atom is 0.270 e. The Morgan fingerprint density at radius 1 is 1.15 bits per heavy atom. The number of rotatable bonds is 3. The van der Waals surface area contributed by atoms with E-state index in [1.54, 1.807) is 42.3 Å². The second-order valence-electron chi connectivity index (χ2n) is 5.87. The molecule has 0 radical (unpaired) electrons. The fourth-order valence-corrected chi connectivity index (χ4v) is 2.99. The second kappa shape index (κ2) is 6.35. The predicted octanol–water partition coefficient (Wildman–Crippen LogP) is 2.97. The van der Waals surface area contributed by atoms with Crippen LogP contribution in [0.3, 0.4) is 0 Å². The molecule has 2 N–H and O–H groups in total. The monoisotopic (exact) mass is 358 g/mol. The van der Waals surface area contributed by atoms with E-state index in [0.717, 1.165) is 16.8 Å². The number of H-pyrrole nitrogens is 1. The average molecular weight is 358 g/mol. The minimum Gasteiger partial charge on any atom is -0.504 e. The Bertz CT molecular complexity index is 1230. The molecule has 0 aliphatic carbocycles. The van der Waals surface area contributed by atoms with E-state index in [9.17, 15) is 9.90 Å². The molecule has 0 saturated carbocycles. The van der Waals surface area contributed by atoms with Crippen molar-refractivity contribution in [2.75, 3.05) is 7.11 Å². The van der Waals surface area contributed by atoms with E-state index in [1.165, 1.54) is 0 Å². The number of nitrogens with zero attached hydrogens (tertiary/aromatic N) is 3. The number of methoxy groups -OCH3 is 1. The van der Waals surface area contributed by atoms with Crippen LogP contribution in [0.2, 0.25) is 0 Å². The van der Waals surface area contributed by atoms with Crippen molar-refractivity contribution in [2.24, 2.45) is 0 Å². The molecular weight excluding hydrogens is 344 g/mol. The Hall–Kier alpha value is -4.05. The number of pyridine rings is 2. The molecule has 0 fully saturated rings. The van der Waals surface area contributed by atoms with Crippen molar-refractivity contribution in [1.82, 2.24) is 14.5 Å². The van der Waals surface area contributed by atoms with Gasteiger partial charge in [0.2, 0.25) is 5.88 Å². The molecule has 27 heavy (non-hydrogen) atoms. The van der Waals surface area contributed by atoms with Crippen molar-refractivity contribution < 1.29 is 9.84 Å². The summed E-state index contributed by atoms with van der Waals surface area (Å²) >= 11 is 0. The van der Waals surface area contributed by atoms with Crippen LogP contribution in [0.1, 0.15) is 5.56 Å². The highest BCUT2D eigenvalue weighted by Gasteiger charge is 2.15. The van der Waals surface area contributed by atoms with Crippen LogP contribution in [-0.2, 0) is 0 Å². The van der Waals surface area contributed by atoms with E-state index >= 15 is 0 Å². The zero-order valence-corrected chi connectivity index (χ0v) is 14.3. The molecule has 3 heterocycles. The number of hydrogen-bond acceptors (Lipinski definition) is 5. The maximum absolute atomic E-state index is 11.8. The average Bonchev–Trinajstić information content (AvgIpc) is 3.12. The summed E-state index contributed by atoms with van der Waals surface area (Å²) in [5.41, 5.74) is 2.62. The van der Waals surface area contributed by atoms with Gasteiger partial charge in [0.25, 0.3) is 5.56 Å². The Kier molecular flexibility index (Phi) is 3.86. The summed E-state index contributed by atoms with van der Waals surface area (Å²) in [5, 5.41) is 19.5. The molecule has 0 bridgehead atoms. The van der Waals surface area contributed by atoms with Gasteiger partial charge in [-0.1, -0.05) is 12.1 Å². The smallest absolute Gasteiger partial charge is 0.270 e. The molecule has 0 aliphatic rings. The highest BCUT2D eigenvalue weighted by molar-refractivity contribution is 5.86. The molecule has 7 heteroatoms. The van der Waals surface area contributed by atoms with Gasteiger partial charge in [0, 0.05) is 29.7 Å². The van der Waals surface area contributed by atoms with Gasteiger partial charge in [-0.3, -0.25) is 4.79 Å². The molecule has 0 saturated heterocycles. The molecule has 0 atom stereocenters. The maximum atomic E-state index is 11.8. The molecule has 0 spiro atoms. The number of nitriles is 1. The molecule has 132 valence electrons. The Morgan fingerprint density at radius 3 is 2.52 bits per heavy atom. The number of aromatic nitrogens is 3. The number of aromatic amines is 1. The Balaban J connectivity index is 1.78. The van der Waals surface area contributed by atoms with Crippen LogP contribution in [0.15, 0.2) is 59.7 Å². The van der Waals surface area contributed by atoms with E-state index in [-0.39, 0.29) is 11.3 Å². The normalized spacial score (nSPS) is 10.7. The summed E-state index contributed by atoms with van der Waals surface area (Å²) in [6.45, 7) is 0. The van der Waals surface area contributed by atoms with Crippen molar-refractivity contribution in [3.05, 3.63) is 70.8 Å². The number of benzene rings is 1. The highest BCUT2D eigenvalue weighted by Crippen LogP contribution is 2.29. The van der Waals surface area contributed by atoms with Crippen LogP contribution < -0.4 is 10.3 Å². The van der Waals surface area contributed by atoms with Gasteiger partial charge >= 0.3 is 0 Å². The third-order valence-corrected chi connectivity index (χ3v) is 4.36. The van der Waals surface area contributed by atoms with Crippen LogP contribution in [0, 0.1) is 11.3 Å². The number of hydrogen-bond donors (Lipinski definition) is 2. The van der Waals surface area contributed by atoms with Crippen LogP contribution in [0.25, 0.3) is 27.8 Å². The minimum atomic E-state index is -0.609. The van der Waals surface area contributed by atoms with E-state index in [4.69, 9.17) is 10.00 Å². The van der Waals surface area contributed by atoms with Crippen molar-refractivity contribution in [1.29, 1.82) is 5.26 Å². The molecule has 0 unspecified atom stereocenters. The number of ether oxygens (including phenoxy) is 1. The second-order valence-corrected chi connectivity index (χ2v) is 5.87.